The molecule has 0 unspecified atom stereocenters. The minimum atomic E-state index is -0.167. The summed E-state index contributed by atoms with van der Waals surface area (Å²) in [6.07, 6.45) is 7.30. The molecule has 130 valence electrons. The summed E-state index contributed by atoms with van der Waals surface area (Å²) >= 11 is 0. The zero-order valence-electron chi connectivity index (χ0n) is 15.0. The van der Waals surface area contributed by atoms with Gasteiger partial charge in [0.05, 0.1) is 22.4 Å². The van der Waals surface area contributed by atoms with Crippen LogP contribution in [0.25, 0.3) is 11.0 Å². The topological polar surface area (TPSA) is 66.9 Å². The Hall–Kier alpha value is -2.17. The number of fused-ring (bicyclic) bond motifs is 1. The minimum Gasteiger partial charge on any atom is -0.338 e. The highest BCUT2D eigenvalue weighted by Gasteiger charge is 2.05. The highest BCUT2D eigenvalue weighted by molar-refractivity contribution is 5.91. The van der Waals surface area contributed by atoms with Crippen LogP contribution in [0.1, 0.15) is 56.8 Å². The van der Waals surface area contributed by atoms with Crippen molar-refractivity contribution in [1.29, 1.82) is 0 Å². The summed E-state index contributed by atoms with van der Waals surface area (Å²) in [7, 11) is 0. The van der Waals surface area contributed by atoms with Gasteiger partial charge in [-0.25, -0.2) is 14.8 Å². The molecule has 0 saturated carbocycles. The molecule has 5 nitrogen and oxygen atoms in total. The first-order chi connectivity index (χ1) is 11.6. The number of aromatic nitrogens is 2. The largest absolute Gasteiger partial charge is 0.338 e. The normalized spacial score (nSPS) is 10.8. The van der Waals surface area contributed by atoms with E-state index < -0.39 is 0 Å². The van der Waals surface area contributed by atoms with Crippen molar-refractivity contribution in [2.24, 2.45) is 0 Å². The molecule has 1 aromatic carbocycles. The van der Waals surface area contributed by atoms with Gasteiger partial charge in [-0.15, -0.1) is 0 Å². The van der Waals surface area contributed by atoms with E-state index in [1.54, 1.807) is 0 Å². The number of benzene rings is 1. The highest BCUT2D eigenvalue weighted by Crippen LogP contribution is 2.17. The van der Waals surface area contributed by atoms with E-state index in [0.717, 1.165) is 34.5 Å². The van der Waals surface area contributed by atoms with Crippen LogP contribution in [0, 0.1) is 13.8 Å². The third-order valence-electron chi connectivity index (χ3n) is 4.15. The summed E-state index contributed by atoms with van der Waals surface area (Å²) in [5.41, 5.74) is 4.22. The summed E-state index contributed by atoms with van der Waals surface area (Å²) in [4.78, 5) is 21.0. The number of carbonyl (C=O) groups excluding carboxylic acids is 1. The molecule has 0 spiro atoms. The van der Waals surface area contributed by atoms with E-state index in [9.17, 15) is 4.79 Å². The van der Waals surface area contributed by atoms with E-state index in [1.165, 1.54) is 32.1 Å². The fraction of sp³-hybridized carbons (Fsp3) is 0.526. The van der Waals surface area contributed by atoms with Gasteiger partial charge in [0.1, 0.15) is 0 Å². The van der Waals surface area contributed by atoms with Gasteiger partial charge < -0.3 is 10.6 Å². The zero-order valence-corrected chi connectivity index (χ0v) is 15.0. The lowest BCUT2D eigenvalue weighted by Gasteiger charge is -2.09. The van der Waals surface area contributed by atoms with Gasteiger partial charge in [-0.1, -0.05) is 39.0 Å². The Morgan fingerprint density at radius 1 is 0.958 bits per heavy atom. The highest BCUT2D eigenvalue weighted by atomic mass is 16.2. The second-order valence-electron chi connectivity index (χ2n) is 6.25. The average molecular weight is 328 g/mol. The van der Waals surface area contributed by atoms with Crippen molar-refractivity contribution in [2.45, 2.75) is 59.3 Å². The van der Waals surface area contributed by atoms with Gasteiger partial charge >= 0.3 is 6.03 Å². The van der Waals surface area contributed by atoms with E-state index in [4.69, 9.17) is 0 Å². The quantitative estimate of drug-likeness (QED) is 0.688. The number of unbranched alkanes of at least 4 members (excludes halogenated alkanes) is 5. The predicted molar refractivity (Wildman–Crippen MR) is 99.4 cm³/mol. The van der Waals surface area contributed by atoms with Gasteiger partial charge in [0.25, 0.3) is 0 Å². The van der Waals surface area contributed by atoms with Gasteiger partial charge in [-0.05, 0) is 38.5 Å². The maximum absolute atomic E-state index is 11.9. The van der Waals surface area contributed by atoms with Crippen LogP contribution in [0.4, 0.5) is 10.5 Å². The van der Waals surface area contributed by atoms with E-state index in [1.807, 2.05) is 32.0 Å². The lowest BCUT2D eigenvalue weighted by Crippen LogP contribution is -2.29. The number of amides is 2. The van der Waals surface area contributed by atoms with Crippen molar-refractivity contribution in [3.8, 4) is 0 Å². The van der Waals surface area contributed by atoms with Gasteiger partial charge in [-0.2, -0.15) is 0 Å². The second-order valence-corrected chi connectivity index (χ2v) is 6.25. The maximum Gasteiger partial charge on any atom is 0.319 e. The van der Waals surface area contributed by atoms with Crippen molar-refractivity contribution in [3.05, 3.63) is 29.6 Å². The number of hydrogen-bond donors (Lipinski definition) is 2. The summed E-state index contributed by atoms with van der Waals surface area (Å²) in [5.74, 6) is 0. The molecule has 2 aromatic rings. The van der Waals surface area contributed by atoms with E-state index in [-0.39, 0.29) is 6.03 Å². The van der Waals surface area contributed by atoms with E-state index in [0.29, 0.717) is 6.54 Å². The number of rotatable bonds is 8. The standard InChI is InChI=1S/C19H28N4O/c1-4-5-6-7-8-9-12-20-19(24)23-16-10-11-17-18(13-16)22-15(3)14(2)21-17/h10-11,13H,4-9,12H2,1-3H3,(H2,20,23,24). The monoisotopic (exact) mass is 328 g/mol. The fourth-order valence-electron chi connectivity index (χ4n) is 2.59. The van der Waals surface area contributed by atoms with Crippen LogP contribution in [-0.4, -0.2) is 22.5 Å². The number of nitrogens with one attached hydrogen (secondary N) is 2. The zero-order chi connectivity index (χ0) is 17.4. The first kappa shape index (κ1) is 18.2. The Kier molecular flexibility index (Phi) is 6.97. The molecule has 0 saturated heterocycles. The molecule has 0 bridgehead atoms. The van der Waals surface area contributed by atoms with Crippen LogP contribution in [0.2, 0.25) is 0 Å². The third-order valence-corrected chi connectivity index (χ3v) is 4.15. The van der Waals surface area contributed by atoms with Crippen LogP contribution in [-0.2, 0) is 0 Å². The molecule has 5 heteroatoms. The average Bonchev–Trinajstić information content (AvgIpc) is 2.55. The molecule has 0 radical (unpaired) electrons. The van der Waals surface area contributed by atoms with Crippen LogP contribution >= 0.6 is 0 Å². The molecule has 2 amide bonds. The number of hydrogen-bond acceptors (Lipinski definition) is 3. The number of urea groups is 1. The number of nitrogens with zero attached hydrogens (tertiary/aromatic N) is 2. The Labute approximate surface area is 144 Å². The molecule has 1 aromatic heterocycles. The number of anilines is 1. The van der Waals surface area contributed by atoms with Gasteiger partial charge in [-0.3, -0.25) is 0 Å². The Balaban J connectivity index is 1.79. The SMILES string of the molecule is CCCCCCCCNC(=O)Nc1ccc2nc(C)c(C)nc2c1. The molecule has 2 rings (SSSR count). The second kappa shape index (κ2) is 9.21. The van der Waals surface area contributed by atoms with E-state index in [2.05, 4.69) is 27.5 Å². The van der Waals surface area contributed by atoms with Gasteiger partial charge in [0.2, 0.25) is 0 Å². The molecular formula is C19H28N4O. The van der Waals surface area contributed by atoms with Crippen LogP contribution in [0.3, 0.4) is 0 Å². The van der Waals surface area contributed by atoms with Gasteiger partial charge in [0, 0.05) is 12.2 Å². The molecular weight excluding hydrogens is 300 g/mol. The molecule has 2 N–H and O–H groups in total. The molecule has 1 heterocycles. The van der Waals surface area contributed by atoms with Crippen LogP contribution in [0.15, 0.2) is 18.2 Å². The van der Waals surface area contributed by atoms with Crippen LogP contribution < -0.4 is 10.6 Å². The minimum absolute atomic E-state index is 0.167. The summed E-state index contributed by atoms with van der Waals surface area (Å²) < 4.78 is 0. The first-order valence-corrected chi connectivity index (χ1v) is 8.90. The Bertz CT molecular complexity index is 684. The first-order valence-electron chi connectivity index (χ1n) is 8.90. The summed E-state index contributed by atoms with van der Waals surface area (Å²) in [6.45, 7) is 6.81. The predicted octanol–water partition coefficient (Wildman–Crippen LogP) is 4.73. The lowest BCUT2D eigenvalue weighted by molar-refractivity contribution is 0.252. The molecule has 0 atom stereocenters. The van der Waals surface area contributed by atoms with Crippen molar-refractivity contribution >= 4 is 22.8 Å². The lowest BCUT2D eigenvalue weighted by atomic mass is 10.1. The summed E-state index contributed by atoms with van der Waals surface area (Å²) in [5, 5.41) is 5.77. The fourth-order valence-corrected chi connectivity index (χ4v) is 2.59. The van der Waals surface area contributed by atoms with Crippen LogP contribution in [0.5, 0.6) is 0 Å². The molecule has 0 aliphatic carbocycles. The smallest absolute Gasteiger partial charge is 0.319 e. The molecule has 24 heavy (non-hydrogen) atoms. The molecule has 0 aliphatic heterocycles. The number of carbonyl (C=O) groups is 1. The van der Waals surface area contributed by atoms with E-state index >= 15 is 0 Å². The molecule has 0 aliphatic rings. The van der Waals surface area contributed by atoms with Crippen molar-refractivity contribution in [1.82, 2.24) is 15.3 Å². The third kappa shape index (κ3) is 5.48. The van der Waals surface area contributed by atoms with Crippen molar-refractivity contribution in [2.75, 3.05) is 11.9 Å². The Morgan fingerprint density at radius 3 is 2.38 bits per heavy atom. The van der Waals surface area contributed by atoms with Crippen molar-refractivity contribution < 1.29 is 4.79 Å². The van der Waals surface area contributed by atoms with Gasteiger partial charge in [0.15, 0.2) is 0 Å². The summed E-state index contributed by atoms with van der Waals surface area (Å²) in [6, 6.07) is 5.44. The maximum atomic E-state index is 11.9. The Morgan fingerprint density at radius 2 is 1.62 bits per heavy atom. The number of aryl methyl sites for hydroxylation is 2. The molecule has 0 fully saturated rings. The van der Waals surface area contributed by atoms with Crippen molar-refractivity contribution in [3.63, 3.8) is 0 Å².